The fourth-order valence-electron chi connectivity index (χ4n) is 7.73. The SMILES string of the molecule is CC[C@H](C)[C@@H]([C@@H](CC(=O)N1CCC[C@H]1[C@H](OC)[C@@H](C)C(=O)N[C@@H](Cc1ccccc1)c1nn[nH]n1)OC)N(C)C(=O)[C@@H](NC(=O)[C@@H](NC)C(C)C)C(C)C. The van der Waals surface area contributed by atoms with Crippen LogP contribution < -0.4 is 16.0 Å². The number of nitrogens with zero attached hydrogens (tertiary/aromatic N) is 5. The van der Waals surface area contributed by atoms with E-state index in [0.717, 1.165) is 18.4 Å². The third-order valence-electron chi connectivity index (χ3n) is 11.0. The number of carbonyl (C=O) groups is 4. The van der Waals surface area contributed by atoms with Gasteiger partial charge in [-0.2, -0.15) is 5.21 Å². The number of carbonyl (C=O) groups excluding carboxylic acids is 4. The molecule has 15 heteroatoms. The molecule has 4 amide bonds. The molecule has 0 unspecified atom stereocenters. The van der Waals surface area contributed by atoms with Gasteiger partial charge in [0, 0.05) is 34.2 Å². The Morgan fingerprint density at radius 3 is 2.17 bits per heavy atom. The van der Waals surface area contributed by atoms with Crippen molar-refractivity contribution in [1.82, 2.24) is 46.4 Å². The van der Waals surface area contributed by atoms with Crippen LogP contribution in [0.4, 0.5) is 0 Å². The highest BCUT2D eigenvalue weighted by molar-refractivity contribution is 5.90. The third-order valence-corrected chi connectivity index (χ3v) is 11.0. The molecule has 0 radical (unpaired) electrons. The predicted molar refractivity (Wildman–Crippen MR) is 206 cm³/mol. The van der Waals surface area contributed by atoms with Crippen LogP contribution in [-0.4, -0.2) is 125 Å². The van der Waals surface area contributed by atoms with Gasteiger partial charge in [-0.3, -0.25) is 19.2 Å². The first-order valence-corrected chi connectivity index (χ1v) is 19.4. The maximum absolute atomic E-state index is 14.2. The maximum Gasteiger partial charge on any atom is 0.245 e. The molecule has 2 heterocycles. The van der Waals surface area contributed by atoms with Gasteiger partial charge >= 0.3 is 0 Å². The van der Waals surface area contributed by atoms with E-state index in [0.29, 0.717) is 25.2 Å². The van der Waals surface area contributed by atoms with Crippen molar-refractivity contribution < 1.29 is 28.7 Å². The Labute approximate surface area is 321 Å². The standard InChI is InChI=1S/C39H65N9O6/c1-12-25(6)34(47(9)39(52)33(24(4)5)42-38(51)32(40-8)23(2)3)30(53-10)22-31(49)48-20-16-19-29(48)35(54-11)26(7)37(50)41-28(36-43-45-46-44-36)21-27-17-14-13-15-18-27/h13-15,17-18,23-26,28-30,32-35,40H,12,16,19-22H2,1-11H3,(H,41,50)(H,42,51)(H,43,44,45,46)/t25-,26+,28-,29-,30+,32-,33-,34-,35+/m0/s1. The lowest BCUT2D eigenvalue weighted by Gasteiger charge is -2.41. The van der Waals surface area contributed by atoms with E-state index in [2.05, 4.69) is 36.6 Å². The van der Waals surface area contributed by atoms with Gasteiger partial charge in [0.25, 0.3) is 0 Å². The summed E-state index contributed by atoms with van der Waals surface area (Å²) < 4.78 is 12.0. The topological polar surface area (TPSA) is 184 Å². The van der Waals surface area contributed by atoms with Crippen LogP contribution in [0.3, 0.4) is 0 Å². The van der Waals surface area contributed by atoms with Crippen molar-refractivity contribution in [2.75, 3.05) is 34.9 Å². The minimum atomic E-state index is -0.762. The lowest BCUT2D eigenvalue weighted by atomic mass is 9.89. The van der Waals surface area contributed by atoms with Gasteiger partial charge in [-0.1, -0.05) is 90.4 Å². The van der Waals surface area contributed by atoms with Gasteiger partial charge in [0.1, 0.15) is 6.04 Å². The van der Waals surface area contributed by atoms with Crippen molar-refractivity contribution in [1.29, 1.82) is 0 Å². The van der Waals surface area contributed by atoms with Gasteiger partial charge in [-0.05, 0) is 43.2 Å². The number of rotatable bonds is 21. The number of benzene rings is 1. The molecule has 4 N–H and O–H groups in total. The Morgan fingerprint density at radius 2 is 1.63 bits per heavy atom. The summed E-state index contributed by atoms with van der Waals surface area (Å²) in [5.74, 6) is -1.26. The molecule has 302 valence electrons. The van der Waals surface area contributed by atoms with Gasteiger partial charge in [-0.15, -0.1) is 10.2 Å². The zero-order valence-electron chi connectivity index (χ0n) is 34.2. The Morgan fingerprint density at radius 1 is 0.963 bits per heavy atom. The first kappa shape index (κ1) is 44.4. The molecule has 0 bridgehead atoms. The van der Waals surface area contributed by atoms with E-state index in [1.807, 2.05) is 78.8 Å². The number of aromatic amines is 1. The molecule has 1 saturated heterocycles. The highest BCUT2D eigenvalue weighted by Gasteiger charge is 2.43. The van der Waals surface area contributed by atoms with E-state index in [1.54, 1.807) is 38.1 Å². The largest absolute Gasteiger partial charge is 0.379 e. The van der Waals surface area contributed by atoms with E-state index >= 15 is 0 Å². The van der Waals surface area contributed by atoms with Crippen molar-refractivity contribution >= 4 is 23.6 Å². The Kier molecular flexibility index (Phi) is 17.5. The number of hydrogen-bond acceptors (Lipinski definition) is 10. The van der Waals surface area contributed by atoms with Crippen LogP contribution in [0.2, 0.25) is 0 Å². The second-order valence-corrected chi connectivity index (χ2v) is 15.4. The Bertz CT molecular complexity index is 1460. The first-order valence-electron chi connectivity index (χ1n) is 19.4. The van der Waals surface area contributed by atoms with Crippen LogP contribution in [-0.2, 0) is 35.1 Å². The Hall–Kier alpha value is -3.95. The quantitative estimate of drug-likeness (QED) is 0.148. The number of aromatic nitrogens is 4. The molecule has 1 aromatic heterocycles. The van der Waals surface area contributed by atoms with E-state index in [9.17, 15) is 19.2 Å². The van der Waals surface area contributed by atoms with E-state index in [-0.39, 0.29) is 53.8 Å². The number of amides is 4. The third kappa shape index (κ3) is 11.3. The number of likely N-dealkylation sites (N-methyl/N-ethyl adjacent to an activating group) is 2. The van der Waals surface area contributed by atoms with Gasteiger partial charge in [0.2, 0.25) is 23.6 Å². The predicted octanol–water partition coefficient (Wildman–Crippen LogP) is 2.90. The zero-order valence-corrected chi connectivity index (χ0v) is 34.2. The molecular weight excluding hydrogens is 690 g/mol. The van der Waals surface area contributed by atoms with Crippen LogP contribution >= 0.6 is 0 Å². The van der Waals surface area contributed by atoms with E-state index in [4.69, 9.17) is 9.47 Å². The Balaban J connectivity index is 1.78. The second kappa shape index (κ2) is 21.2. The number of tetrazole rings is 1. The molecule has 0 aliphatic carbocycles. The number of ether oxygens (including phenoxy) is 2. The highest BCUT2D eigenvalue weighted by Crippen LogP contribution is 2.30. The lowest BCUT2D eigenvalue weighted by Crippen LogP contribution is -2.59. The minimum Gasteiger partial charge on any atom is -0.379 e. The van der Waals surface area contributed by atoms with Crippen molar-refractivity contribution in [2.24, 2.45) is 23.7 Å². The van der Waals surface area contributed by atoms with Crippen molar-refractivity contribution in [2.45, 2.75) is 123 Å². The van der Waals surface area contributed by atoms with E-state index in [1.165, 1.54) is 0 Å². The molecule has 1 aliphatic rings. The number of methoxy groups -OCH3 is 2. The molecule has 9 atom stereocenters. The van der Waals surface area contributed by atoms with Gasteiger partial charge in [-0.25, -0.2) is 0 Å². The van der Waals surface area contributed by atoms with Crippen LogP contribution in [0.15, 0.2) is 30.3 Å². The molecule has 1 aliphatic heterocycles. The summed E-state index contributed by atoms with van der Waals surface area (Å²) in [6.07, 6.45) is 1.46. The molecule has 15 nitrogen and oxygen atoms in total. The van der Waals surface area contributed by atoms with E-state index < -0.39 is 42.3 Å². The second-order valence-electron chi connectivity index (χ2n) is 15.4. The summed E-state index contributed by atoms with van der Waals surface area (Å²) in [5.41, 5.74) is 1.00. The molecule has 3 rings (SSSR count). The first-order chi connectivity index (χ1) is 25.7. The summed E-state index contributed by atoms with van der Waals surface area (Å²) in [6.45, 7) is 14.1. The summed E-state index contributed by atoms with van der Waals surface area (Å²) in [4.78, 5) is 58.9. The van der Waals surface area contributed by atoms with Gasteiger partial charge in [0.05, 0.1) is 48.7 Å². The molecule has 54 heavy (non-hydrogen) atoms. The fraction of sp³-hybridized carbons (Fsp3) is 0.718. The van der Waals surface area contributed by atoms with Gasteiger partial charge in [0.15, 0.2) is 5.82 Å². The van der Waals surface area contributed by atoms with Crippen LogP contribution in [0.25, 0.3) is 0 Å². The van der Waals surface area contributed by atoms with Crippen LogP contribution in [0.1, 0.15) is 91.6 Å². The summed E-state index contributed by atoms with van der Waals surface area (Å²) in [5, 5.41) is 23.6. The average molecular weight is 756 g/mol. The zero-order chi connectivity index (χ0) is 40.1. The summed E-state index contributed by atoms with van der Waals surface area (Å²) in [7, 11) is 6.60. The summed E-state index contributed by atoms with van der Waals surface area (Å²) >= 11 is 0. The number of likely N-dealkylation sites (tertiary alicyclic amines) is 1. The summed E-state index contributed by atoms with van der Waals surface area (Å²) in [6, 6.07) is 7.23. The number of H-pyrrole nitrogens is 1. The number of hydrogen-bond donors (Lipinski definition) is 4. The average Bonchev–Trinajstić information content (AvgIpc) is 3.87. The van der Waals surface area contributed by atoms with Crippen LogP contribution in [0.5, 0.6) is 0 Å². The normalized spacial score (nSPS) is 19.1. The van der Waals surface area contributed by atoms with Crippen molar-refractivity contribution in [3.05, 3.63) is 41.7 Å². The molecule has 2 aromatic rings. The molecule has 1 aromatic carbocycles. The van der Waals surface area contributed by atoms with Crippen molar-refractivity contribution in [3.8, 4) is 0 Å². The fourth-order valence-corrected chi connectivity index (χ4v) is 7.73. The highest BCUT2D eigenvalue weighted by atomic mass is 16.5. The van der Waals surface area contributed by atoms with Gasteiger partial charge < -0.3 is 35.2 Å². The lowest BCUT2D eigenvalue weighted by molar-refractivity contribution is -0.147. The number of nitrogens with one attached hydrogen (secondary N) is 4. The van der Waals surface area contributed by atoms with Crippen molar-refractivity contribution in [3.63, 3.8) is 0 Å². The molecule has 0 spiro atoms. The minimum absolute atomic E-state index is 0.0196. The molecule has 0 saturated carbocycles. The molecule has 1 fully saturated rings. The molecular formula is C39H65N9O6. The monoisotopic (exact) mass is 756 g/mol. The maximum atomic E-state index is 14.2. The van der Waals surface area contributed by atoms with Crippen LogP contribution in [0, 0.1) is 23.7 Å². The smallest absolute Gasteiger partial charge is 0.245 e.